The van der Waals surface area contributed by atoms with Gasteiger partial charge in [0.25, 0.3) is 0 Å². The minimum absolute atomic E-state index is 0.00769. The van der Waals surface area contributed by atoms with Gasteiger partial charge < -0.3 is 15.4 Å². The molecule has 0 saturated carbocycles. The van der Waals surface area contributed by atoms with Crippen LogP contribution in [-0.2, 0) is 9.53 Å². The zero-order valence-corrected chi connectivity index (χ0v) is 11.7. The van der Waals surface area contributed by atoms with Crippen LogP contribution in [0.1, 0.15) is 38.1 Å². The van der Waals surface area contributed by atoms with Crippen molar-refractivity contribution in [2.45, 2.75) is 44.2 Å². The molecule has 0 radical (unpaired) electrons. The van der Waals surface area contributed by atoms with Crippen LogP contribution in [0.25, 0.3) is 0 Å². The van der Waals surface area contributed by atoms with E-state index < -0.39 is 0 Å². The van der Waals surface area contributed by atoms with E-state index in [1.165, 1.54) is 0 Å². The molecule has 3 rings (SSSR count). The number of ether oxygens (including phenoxy) is 1. The first-order valence-electron chi connectivity index (χ1n) is 7.48. The molecule has 1 amide bonds. The number of rotatable bonds is 4. The second-order valence-corrected chi connectivity index (χ2v) is 5.57. The van der Waals surface area contributed by atoms with Crippen molar-refractivity contribution in [3.05, 3.63) is 12.3 Å². The van der Waals surface area contributed by atoms with Crippen LogP contribution in [0.3, 0.4) is 0 Å². The molecule has 2 atom stereocenters. The van der Waals surface area contributed by atoms with Gasteiger partial charge in [0.2, 0.25) is 5.91 Å². The summed E-state index contributed by atoms with van der Waals surface area (Å²) in [4.78, 5) is 12.0. The Morgan fingerprint density at radius 2 is 2.45 bits per heavy atom. The molecule has 2 aliphatic rings. The topological polar surface area (TPSA) is 68.2 Å². The summed E-state index contributed by atoms with van der Waals surface area (Å²) in [5, 5.41) is 10.6. The van der Waals surface area contributed by atoms with Gasteiger partial charge in [0, 0.05) is 25.4 Å². The smallest absolute Gasteiger partial charge is 0.228 e. The summed E-state index contributed by atoms with van der Waals surface area (Å²) in [6.45, 7) is 2.76. The lowest BCUT2D eigenvalue weighted by Gasteiger charge is -2.21. The number of nitrogens with one attached hydrogen (secondary N) is 2. The largest absolute Gasteiger partial charge is 0.378 e. The molecule has 0 unspecified atom stereocenters. The summed E-state index contributed by atoms with van der Waals surface area (Å²) < 4.78 is 7.52. The Hall–Kier alpha value is -1.40. The summed E-state index contributed by atoms with van der Waals surface area (Å²) in [5.74, 6) is 0.629. The average molecular weight is 278 g/mol. The SMILES string of the molecule is O=C(C[C@@H]1CCCCO1)Nc1ccn([C@@H]2CCNC2)n1. The fraction of sp³-hybridized carbons (Fsp3) is 0.714. The van der Waals surface area contributed by atoms with Crippen molar-refractivity contribution < 1.29 is 9.53 Å². The fourth-order valence-electron chi connectivity index (χ4n) is 2.84. The van der Waals surface area contributed by atoms with Gasteiger partial charge in [0.1, 0.15) is 0 Å². The normalized spacial score (nSPS) is 26.6. The van der Waals surface area contributed by atoms with Gasteiger partial charge in [0.15, 0.2) is 5.82 Å². The van der Waals surface area contributed by atoms with Gasteiger partial charge in [-0.05, 0) is 32.2 Å². The van der Waals surface area contributed by atoms with Crippen LogP contribution in [0, 0.1) is 0 Å². The highest BCUT2D eigenvalue weighted by molar-refractivity contribution is 5.90. The quantitative estimate of drug-likeness (QED) is 0.871. The molecule has 2 N–H and O–H groups in total. The van der Waals surface area contributed by atoms with E-state index in [2.05, 4.69) is 15.7 Å². The maximum atomic E-state index is 12.0. The van der Waals surface area contributed by atoms with Gasteiger partial charge in [0.05, 0.1) is 18.6 Å². The molecule has 110 valence electrons. The van der Waals surface area contributed by atoms with Crippen LogP contribution in [0.2, 0.25) is 0 Å². The van der Waals surface area contributed by atoms with E-state index in [9.17, 15) is 4.79 Å². The number of anilines is 1. The van der Waals surface area contributed by atoms with Crippen LogP contribution in [0.5, 0.6) is 0 Å². The number of aromatic nitrogens is 2. The molecule has 0 spiro atoms. The Balaban J connectivity index is 1.50. The van der Waals surface area contributed by atoms with E-state index in [4.69, 9.17) is 4.74 Å². The Kier molecular flexibility index (Phi) is 4.32. The first-order valence-corrected chi connectivity index (χ1v) is 7.48. The molecule has 6 nitrogen and oxygen atoms in total. The standard InChI is InChI=1S/C14H22N4O2/c19-14(9-12-3-1-2-8-20-12)16-13-5-7-18(17-13)11-4-6-15-10-11/h5,7,11-12,15H,1-4,6,8-10H2,(H,16,17,19)/t11-,12+/m1/s1. The molecule has 0 bridgehead atoms. The molecule has 6 heteroatoms. The lowest BCUT2D eigenvalue weighted by Crippen LogP contribution is -2.25. The van der Waals surface area contributed by atoms with E-state index in [0.29, 0.717) is 18.3 Å². The number of amides is 1. The zero-order valence-electron chi connectivity index (χ0n) is 11.7. The van der Waals surface area contributed by atoms with Crippen molar-refractivity contribution >= 4 is 11.7 Å². The first-order chi connectivity index (χ1) is 9.81. The highest BCUT2D eigenvalue weighted by atomic mass is 16.5. The van der Waals surface area contributed by atoms with E-state index >= 15 is 0 Å². The molecule has 2 aliphatic heterocycles. The monoisotopic (exact) mass is 278 g/mol. The van der Waals surface area contributed by atoms with Crippen molar-refractivity contribution in [1.29, 1.82) is 0 Å². The highest BCUT2D eigenvalue weighted by Gasteiger charge is 2.20. The zero-order chi connectivity index (χ0) is 13.8. The predicted molar refractivity (Wildman–Crippen MR) is 75.6 cm³/mol. The average Bonchev–Trinajstić information content (AvgIpc) is 3.10. The molecule has 2 saturated heterocycles. The molecular weight excluding hydrogens is 256 g/mol. The fourth-order valence-corrected chi connectivity index (χ4v) is 2.84. The number of nitrogens with zero attached hydrogens (tertiary/aromatic N) is 2. The molecule has 1 aromatic heterocycles. The van der Waals surface area contributed by atoms with Gasteiger partial charge in [-0.2, -0.15) is 5.10 Å². The van der Waals surface area contributed by atoms with Crippen molar-refractivity contribution in [2.24, 2.45) is 0 Å². The van der Waals surface area contributed by atoms with Gasteiger partial charge in [-0.1, -0.05) is 0 Å². The minimum atomic E-state index is -0.00769. The third-order valence-electron chi connectivity index (χ3n) is 3.97. The second kappa shape index (κ2) is 6.37. The maximum absolute atomic E-state index is 12.0. The van der Waals surface area contributed by atoms with Crippen LogP contribution in [-0.4, -0.2) is 41.5 Å². The molecule has 20 heavy (non-hydrogen) atoms. The summed E-state index contributed by atoms with van der Waals surface area (Å²) in [6, 6.07) is 2.26. The lowest BCUT2D eigenvalue weighted by atomic mass is 10.1. The van der Waals surface area contributed by atoms with Gasteiger partial charge in [-0.25, -0.2) is 0 Å². The Morgan fingerprint density at radius 3 is 3.20 bits per heavy atom. The summed E-state index contributed by atoms with van der Waals surface area (Å²) in [6.07, 6.45) is 6.77. The second-order valence-electron chi connectivity index (χ2n) is 5.57. The van der Waals surface area contributed by atoms with Crippen molar-refractivity contribution in [3.8, 4) is 0 Å². The number of carbonyl (C=O) groups excluding carboxylic acids is 1. The van der Waals surface area contributed by atoms with Crippen molar-refractivity contribution in [3.63, 3.8) is 0 Å². The molecule has 2 fully saturated rings. The predicted octanol–water partition coefficient (Wildman–Crippen LogP) is 1.32. The molecule has 3 heterocycles. The number of hydrogen-bond donors (Lipinski definition) is 2. The first kappa shape index (κ1) is 13.6. The third kappa shape index (κ3) is 3.37. The Morgan fingerprint density at radius 1 is 1.50 bits per heavy atom. The van der Waals surface area contributed by atoms with Gasteiger partial charge in [-0.15, -0.1) is 0 Å². The van der Waals surface area contributed by atoms with Gasteiger partial charge in [-0.3, -0.25) is 9.48 Å². The molecule has 1 aromatic rings. The molecule has 0 aliphatic carbocycles. The third-order valence-corrected chi connectivity index (χ3v) is 3.97. The number of carbonyl (C=O) groups is 1. The Bertz CT molecular complexity index is 448. The van der Waals surface area contributed by atoms with Crippen LogP contribution in [0.4, 0.5) is 5.82 Å². The van der Waals surface area contributed by atoms with Crippen LogP contribution < -0.4 is 10.6 Å². The number of hydrogen-bond acceptors (Lipinski definition) is 4. The van der Waals surface area contributed by atoms with Crippen molar-refractivity contribution in [1.82, 2.24) is 15.1 Å². The van der Waals surface area contributed by atoms with E-state index in [0.717, 1.165) is 45.4 Å². The van der Waals surface area contributed by atoms with Crippen LogP contribution in [0.15, 0.2) is 12.3 Å². The van der Waals surface area contributed by atoms with Gasteiger partial charge >= 0.3 is 0 Å². The van der Waals surface area contributed by atoms with E-state index in [1.807, 2.05) is 16.9 Å². The maximum Gasteiger partial charge on any atom is 0.228 e. The lowest BCUT2D eigenvalue weighted by molar-refractivity contribution is -0.119. The van der Waals surface area contributed by atoms with E-state index in [1.54, 1.807) is 0 Å². The summed E-state index contributed by atoms with van der Waals surface area (Å²) in [5.41, 5.74) is 0. The van der Waals surface area contributed by atoms with Crippen molar-refractivity contribution in [2.75, 3.05) is 25.0 Å². The Labute approximate surface area is 118 Å². The molecular formula is C14H22N4O2. The van der Waals surface area contributed by atoms with Crippen LogP contribution >= 0.6 is 0 Å². The summed E-state index contributed by atoms with van der Waals surface area (Å²) >= 11 is 0. The highest BCUT2D eigenvalue weighted by Crippen LogP contribution is 2.18. The minimum Gasteiger partial charge on any atom is -0.378 e. The molecule has 0 aromatic carbocycles. The van der Waals surface area contributed by atoms with E-state index in [-0.39, 0.29) is 12.0 Å². The summed E-state index contributed by atoms with van der Waals surface area (Å²) in [7, 11) is 0.